The van der Waals surface area contributed by atoms with Crippen LogP contribution in [0.2, 0.25) is 5.02 Å². The van der Waals surface area contributed by atoms with Crippen LogP contribution in [0.1, 0.15) is 17.3 Å². The number of Topliss-reactive ketones (excluding diaryl/α,β-unsaturated/α-hetero) is 1. The van der Waals surface area contributed by atoms with Gasteiger partial charge in [0.15, 0.2) is 5.78 Å². The highest BCUT2D eigenvalue weighted by Crippen LogP contribution is 2.27. The molecule has 4 nitrogen and oxygen atoms in total. The van der Waals surface area contributed by atoms with E-state index in [0.717, 1.165) is 11.2 Å². The fourth-order valence-corrected chi connectivity index (χ4v) is 3.56. The van der Waals surface area contributed by atoms with Gasteiger partial charge in [-0.15, -0.1) is 11.8 Å². The molecule has 0 spiro atoms. The maximum Gasteiger partial charge on any atom is 0.229 e. The molecule has 7 heteroatoms. The van der Waals surface area contributed by atoms with Crippen molar-refractivity contribution in [1.82, 2.24) is 0 Å². The third-order valence-corrected chi connectivity index (χ3v) is 4.94. The number of nitrogens with one attached hydrogen (secondary N) is 1. The number of anilines is 1. The van der Waals surface area contributed by atoms with E-state index in [9.17, 15) is 13.2 Å². The standard InChI is InChI=1S/C16H16ClNO3S2/c1-11(22-15-9-5-13(17)6-10-15)16(19)12-3-7-14(8-4-12)18-23(2,20)21/h3-11,18H,1-2H3/t11-/m0/s1. The number of thioether (sulfide) groups is 1. The number of benzene rings is 2. The fraction of sp³-hybridized carbons (Fsp3) is 0.188. The van der Waals surface area contributed by atoms with Crippen LogP contribution in [0, 0.1) is 0 Å². The van der Waals surface area contributed by atoms with Crippen molar-refractivity contribution in [2.75, 3.05) is 11.0 Å². The van der Waals surface area contributed by atoms with Gasteiger partial charge in [0.2, 0.25) is 10.0 Å². The molecule has 0 saturated carbocycles. The van der Waals surface area contributed by atoms with E-state index < -0.39 is 10.0 Å². The number of carbonyl (C=O) groups is 1. The zero-order chi connectivity index (χ0) is 17.0. The van der Waals surface area contributed by atoms with Gasteiger partial charge in [-0.25, -0.2) is 8.42 Å². The second-order valence-corrected chi connectivity index (χ2v) is 8.63. The van der Waals surface area contributed by atoms with Crippen LogP contribution in [-0.2, 0) is 10.0 Å². The Labute approximate surface area is 145 Å². The van der Waals surface area contributed by atoms with Gasteiger partial charge in [-0.3, -0.25) is 9.52 Å². The number of carbonyl (C=O) groups excluding carboxylic acids is 1. The molecule has 0 bridgehead atoms. The molecule has 0 amide bonds. The van der Waals surface area contributed by atoms with Crippen molar-refractivity contribution >= 4 is 44.9 Å². The van der Waals surface area contributed by atoms with Gasteiger partial charge in [-0.05, 0) is 55.5 Å². The minimum absolute atomic E-state index is 0.0177. The van der Waals surface area contributed by atoms with Crippen molar-refractivity contribution in [2.45, 2.75) is 17.1 Å². The summed E-state index contributed by atoms with van der Waals surface area (Å²) in [4.78, 5) is 13.4. The SMILES string of the molecule is C[C@H](Sc1ccc(Cl)cc1)C(=O)c1ccc(NS(C)(=O)=O)cc1. The van der Waals surface area contributed by atoms with Crippen LogP contribution in [0.5, 0.6) is 0 Å². The highest BCUT2D eigenvalue weighted by Gasteiger charge is 2.16. The summed E-state index contributed by atoms with van der Waals surface area (Å²) in [5.74, 6) is -0.0177. The summed E-state index contributed by atoms with van der Waals surface area (Å²) in [6, 6.07) is 13.7. The summed E-state index contributed by atoms with van der Waals surface area (Å²) in [6.45, 7) is 1.84. The molecule has 23 heavy (non-hydrogen) atoms. The minimum atomic E-state index is -3.32. The lowest BCUT2D eigenvalue weighted by Gasteiger charge is -2.11. The molecule has 0 aromatic heterocycles. The van der Waals surface area contributed by atoms with E-state index in [1.807, 2.05) is 19.1 Å². The van der Waals surface area contributed by atoms with E-state index >= 15 is 0 Å². The van der Waals surface area contributed by atoms with E-state index in [1.165, 1.54) is 11.8 Å². The summed E-state index contributed by atoms with van der Waals surface area (Å²) in [6.07, 6.45) is 1.08. The smallest absolute Gasteiger partial charge is 0.229 e. The Morgan fingerprint density at radius 1 is 1.09 bits per heavy atom. The maximum absolute atomic E-state index is 12.4. The molecule has 2 aromatic carbocycles. The van der Waals surface area contributed by atoms with Crippen LogP contribution < -0.4 is 4.72 Å². The highest BCUT2D eigenvalue weighted by atomic mass is 35.5. The van der Waals surface area contributed by atoms with E-state index in [-0.39, 0.29) is 11.0 Å². The van der Waals surface area contributed by atoms with E-state index in [4.69, 9.17) is 11.6 Å². The van der Waals surface area contributed by atoms with Crippen molar-refractivity contribution in [2.24, 2.45) is 0 Å². The van der Waals surface area contributed by atoms with Gasteiger partial charge in [-0.1, -0.05) is 11.6 Å². The Bertz CT molecular complexity index is 787. The van der Waals surface area contributed by atoms with Gasteiger partial charge in [0.25, 0.3) is 0 Å². The van der Waals surface area contributed by atoms with Crippen molar-refractivity contribution in [1.29, 1.82) is 0 Å². The molecule has 0 heterocycles. The van der Waals surface area contributed by atoms with Crippen LogP contribution in [-0.4, -0.2) is 25.7 Å². The number of ketones is 1. The van der Waals surface area contributed by atoms with Crippen molar-refractivity contribution in [3.8, 4) is 0 Å². The monoisotopic (exact) mass is 369 g/mol. The van der Waals surface area contributed by atoms with Gasteiger partial charge >= 0.3 is 0 Å². The Morgan fingerprint density at radius 3 is 2.17 bits per heavy atom. The van der Waals surface area contributed by atoms with Crippen molar-refractivity contribution < 1.29 is 13.2 Å². The summed E-state index contributed by atoms with van der Waals surface area (Å²) in [7, 11) is -3.32. The summed E-state index contributed by atoms with van der Waals surface area (Å²) in [5.41, 5.74) is 0.972. The fourth-order valence-electron chi connectivity index (χ4n) is 1.92. The molecule has 0 aliphatic rings. The molecular weight excluding hydrogens is 354 g/mol. The number of hydrogen-bond acceptors (Lipinski definition) is 4. The van der Waals surface area contributed by atoms with Crippen LogP contribution in [0.15, 0.2) is 53.4 Å². The predicted molar refractivity (Wildman–Crippen MR) is 96.0 cm³/mol. The number of hydrogen-bond donors (Lipinski definition) is 1. The summed E-state index contributed by atoms with van der Waals surface area (Å²) >= 11 is 7.29. The molecule has 0 fully saturated rings. The first-order chi connectivity index (χ1) is 10.7. The van der Waals surface area contributed by atoms with Crippen LogP contribution >= 0.6 is 23.4 Å². The molecule has 0 radical (unpaired) electrons. The van der Waals surface area contributed by atoms with E-state index in [1.54, 1.807) is 36.4 Å². The normalized spacial score (nSPS) is 12.7. The van der Waals surface area contributed by atoms with Crippen molar-refractivity contribution in [3.05, 3.63) is 59.1 Å². The minimum Gasteiger partial charge on any atom is -0.293 e. The van der Waals surface area contributed by atoms with Crippen LogP contribution in [0.3, 0.4) is 0 Å². The third kappa shape index (κ3) is 5.57. The van der Waals surface area contributed by atoms with E-state index in [2.05, 4.69) is 4.72 Å². The molecule has 1 atom stereocenters. The Balaban J connectivity index is 2.05. The molecule has 0 unspecified atom stereocenters. The van der Waals surface area contributed by atoms with Crippen LogP contribution in [0.25, 0.3) is 0 Å². The second kappa shape index (κ2) is 7.38. The molecule has 0 aliphatic carbocycles. The lowest BCUT2D eigenvalue weighted by atomic mass is 10.1. The summed E-state index contributed by atoms with van der Waals surface area (Å²) < 4.78 is 24.7. The Morgan fingerprint density at radius 2 is 1.65 bits per heavy atom. The first-order valence-corrected chi connectivity index (χ1v) is 9.94. The molecule has 122 valence electrons. The number of halogens is 1. The van der Waals surface area contributed by atoms with Crippen molar-refractivity contribution in [3.63, 3.8) is 0 Å². The van der Waals surface area contributed by atoms with Gasteiger partial charge in [0, 0.05) is 21.2 Å². The Hall–Kier alpha value is -1.50. The largest absolute Gasteiger partial charge is 0.293 e. The van der Waals surface area contributed by atoms with E-state index in [0.29, 0.717) is 16.3 Å². The van der Waals surface area contributed by atoms with Crippen LogP contribution in [0.4, 0.5) is 5.69 Å². The second-order valence-electron chi connectivity index (χ2n) is 5.03. The lowest BCUT2D eigenvalue weighted by molar-refractivity contribution is 0.0994. The maximum atomic E-state index is 12.4. The zero-order valence-corrected chi connectivity index (χ0v) is 15.0. The topological polar surface area (TPSA) is 63.2 Å². The molecular formula is C16H16ClNO3S2. The molecule has 2 rings (SSSR count). The average Bonchev–Trinajstić information content (AvgIpc) is 2.48. The predicted octanol–water partition coefficient (Wildman–Crippen LogP) is 4.08. The first-order valence-electron chi connectivity index (χ1n) is 6.79. The molecule has 2 aromatic rings. The third-order valence-electron chi connectivity index (χ3n) is 2.97. The summed E-state index contributed by atoms with van der Waals surface area (Å²) in [5, 5.41) is 0.396. The molecule has 1 N–H and O–H groups in total. The Kier molecular flexibility index (Phi) is 5.73. The van der Waals surface area contributed by atoms with Gasteiger partial charge in [-0.2, -0.15) is 0 Å². The van der Waals surface area contributed by atoms with Gasteiger partial charge in [0.1, 0.15) is 0 Å². The number of sulfonamides is 1. The zero-order valence-electron chi connectivity index (χ0n) is 12.6. The lowest BCUT2D eigenvalue weighted by Crippen LogP contribution is -2.14. The van der Waals surface area contributed by atoms with Gasteiger partial charge in [0.05, 0.1) is 11.5 Å². The number of rotatable bonds is 6. The highest BCUT2D eigenvalue weighted by molar-refractivity contribution is 8.00. The van der Waals surface area contributed by atoms with Gasteiger partial charge < -0.3 is 0 Å². The average molecular weight is 370 g/mol. The quantitative estimate of drug-likeness (QED) is 0.615. The molecule has 0 saturated heterocycles. The molecule has 0 aliphatic heterocycles. The first kappa shape index (κ1) is 17.8.